The van der Waals surface area contributed by atoms with Gasteiger partial charge in [-0.05, 0) is 69.2 Å². The van der Waals surface area contributed by atoms with Gasteiger partial charge in [0.15, 0.2) is 0 Å². The molecule has 3 nitrogen and oxygen atoms in total. The van der Waals surface area contributed by atoms with E-state index >= 15 is 0 Å². The van der Waals surface area contributed by atoms with Gasteiger partial charge in [0.25, 0.3) is 0 Å². The average Bonchev–Trinajstić information content (AvgIpc) is 3.01. The molecule has 0 saturated carbocycles. The Hall–Kier alpha value is -1.77. The molecule has 0 fully saturated rings. The first-order valence-corrected chi connectivity index (χ1v) is 8.45. The lowest BCUT2D eigenvalue weighted by Crippen LogP contribution is -2.24. The largest absolute Gasteiger partial charge is 0.368 e. The molecule has 0 bridgehead atoms. The average molecular weight is 298 g/mol. The van der Waals surface area contributed by atoms with Gasteiger partial charge in [0.1, 0.15) is 17.6 Å². The Morgan fingerprint density at radius 1 is 1.23 bits per heavy atom. The first-order chi connectivity index (χ1) is 10.7. The molecule has 1 aromatic carbocycles. The first kappa shape index (κ1) is 15.1. The molecule has 1 aliphatic carbocycles. The van der Waals surface area contributed by atoms with Crippen LogP contribution in [0.4, 0.5) is 5.69 Å². The highest BCUT2D eigenvalue weighted by Gasteiger charge is 2.29. The molecule has 0 N–H and O–H groups in total. The fourth-order valence-electron chi connectivity index (χ4n) is 3.76. The molecule has 3 heteroatoms. The molecule has 0 radical (unpaired) electrons. The van der Waals surface area contributed by atoms with Crippen molar-refractivity contribution in [3.05, 3.63) is 46.3 Å². The van der Waals surface area contributed by atoms with E-state index in [1.165, 1.54) is 40.8 Å². The molecular formula is C19H26N2O. The third-order valence-electron chi connectivity index (χ3n) is 5.21. The third-order valence-corrected chi connectivity index (χ3v) is 5.21. The Labute approximate surface area is 133 Å². The standard InChI is InChI=1S/C19H26N2O/c1-5-21(6-2)18-12-22-20-19(18)17-9-7-8-15-14(4)13(3)10-11-16(15)17/h10-12,17H,5-9H2,1-4H3. The second-order valence-corrected chi connectivity index (χ2v) is 6.28. The Balaban J connectivity index is 2.06. The minimum Gasteiger partial charge on any atom is -0.368 e. The van der Waals surface area contributed by atoms with E-state index in [0.717, 1.165) is 25.2 Å². The van der Waals surface area contributed by atoms with Gasteiger partial charge in [0, 0.05) is 19.0 Å². The summed E-state index contributed by atoms with van der Waals surface area (Å²) < 4.78 is 5.36. The third kappa shape index (κ3) is 2.43. The fourth-order valence-corrected chi connectivity index (χ4v) is 3.76. The van der Waals surface area contributed by atoms with Crippen molar-refractivity contribution in [2.75, 3.05) is 18.0 Å². The molecule has 2 aromatic rings. The highest BCUT2D eigenvalue weighted by atomic mass is 16.5. The number of anilines is 1. The number of hydrogen-bond donors (Lipinski definition) is 0. The number of fused-ring (bicyclic) bond motifs is 1. The van der Waals surface area contributed by atoms with Crippen LogP contribution in [-0.2, 0) is 6.42 Å². The van der Waals surface area contributed by atoms with E-state index in [1.807, 2.05) is 6.26 Å². The van der Waals surface area contributed by atoms with Crippen LogP contribution in [0.15, 0.2) is 22.9 Å². The molecule has 1 atom stereocenters. The Kier molecular flexibility index (Phi) is 4.23. The number of hydrogen-bond acceptors (Lipinski definition) is 3. The first-order valence-electron chi connectivity index (χ1n) is 8.45. The summed E-state index contributed by atoms with van der Waals surface area (Å²) in [6.45, 7) is 10.8. The van der Waals surface area contributed by atoms with Crippen LogP contribution in [0.25, 0.3) is 0 Å². The van der Waals surface area contributed by atoms with E-state index in [0.29, 0.717) is 5.92 Å². The van der Waals surface area contributed by atoms with Crippen LogP contribution in [-0.4, -0.2) is 18.2 Å². The van der Waals surface area contributed by atoms with Crippen molar-refractivity contribution in [3.63, 3.8) is 0 Å². The van der Waals surface area contributed by atoms with Crippen molar-refractivity contribution in [3.8, 4) is 0 Å². The van der Waals surface area contributed by atoms with Gasteiger partial charge in [-0.25, -0.2) is 0 Å². The van der Waals surface area contributed by atoms with Crippen molar-refractivity contribution in [1.29, 1.82) is 0 Å². The molecule has 0 aliphatic heterocycles. The Morgan fingerprint density at radius 2 is 2.00 bits per heavy atom. The van der Waals surface area contributed by atoms with Gasteiger partial charge in [0.05, 0.1) is 0 Å². The molecule has 1 unspecified atom stereocenters. The predicted octanol–water partition coefficient (Wildman–Crippen LogP) is 4.61. The summed E-state index contributed by atoms with van der Waals surface area (Å²) in [4.78, 5) is 2.33. The van der Waals surface area contributed by atoms with Gasteiger partial charge in [-0.2, -0.15) is 0 Å². The summed E-state index contributed by atoms with van der Waals surface area (Å²) in [5.41, 5.74) is 8.12. The number of nitrogens with zero attached hydrogens (tertiary/aromatic N) is 2. The highest BCUT2D eigenvalue weighted by molar-refractivity contribution is 5.55. The number of benzene rings is 1. The van der Waals surface area contributed by atoms with Gasteiger partial charge < -0.3 is 9.42 Å². The van der Waals surface area contributed by atoms with Crippen molar-refractivity contribution < 1.29 is 4.52 Å². The van der Waals surface area contributed by atoms with Crippen LogP contribution in [0, 0.1) is 13.8 Å². The summed E-state index contributed by atoms with van der Waals surface area (Å²) in [7, 11) is 0. The smallest absolute Gasteiger partial charge is 0.147 e. The lowest BCUT2D eigenvalue weighted by atomic mass is 9.78. The SMILES string of the molecule is CCN(CC)c1conc1C1CCCc2c1ccc(C)c2C. The van der Waals surface area contributed by atoms with E-state index in [2.05, 4.69) is 49.9 Å². The van der Waals surface area contributed by atoms with Crippen molar-refractivity contribution in [2.45, 2.75) is 52.9 Å². The second-order valence-electron chi connectivity index (χ2n) is 6.28. The quantitative estimate of drug-likeness (QED) is 0.825. The lowest BCUT2D eigenvalue weighted by molar-refractivity contribution is 0.404. The van der Waals surface area contributed by atoms with E-state index in [4.69, 9.17) is 4.52 Å². The monoisotopic (exact) mass is 298 g/mol. The zero-order chi connectivity index (χ0) is 15.7. The molecule has 22 heavy (non-hydrogen) atoms. The Bertz CT molecular complexity index is 655. The Morgan fingerprint density at radius 3 is 2.73 bits per heavy atom. The van der Waals surface area contributed by atoms with Crippen LogP contribution in [0.5, 0.6) is 0 Å². The predicted molar refractivity (Wildman–Crippen MR) is 90.8 cm³/mol. The molecule has 1 aromatic heterocycles. The fraction of sp³-hybridized carbons (Fsp3) is 0.526. The molecule has 0 spiro atoms. The number of aromatic nitrogens is 1. The normalized spacial score (nSPS) is 17.4. The molecular weight excluding hydrogens is 272 g/mol. The van der Waals surface area contributed by atoms with Gasteiger partial charge in [-0.3, -0.25) is 0 Å². The molecule has 3 rings (SSSR count). The number of rotatable bonds is 4. The van der Waals surface area contributed by atoms with Crippen LogP contribution < -0.4 is 4.90 Å². The van der Waals surface area contributed by atoms with Crippen molar-refractivity contribution in [1.82, 2.24) is 5.16 Å². The maximum absolute atomic E-state index is 5.36. The summed E-state index contributed by atoms with van der Waals surface area (Å²) in [5, 5.41) is 4.39. The molecule has 118 valence electrons. The summed E-state index contributed by atoms with van der Waals surface area (Å²) >= 11 is 0. The maximum atomic E-state index is 5.36. The molecule has 0 saturated heterocycles. The van der Waals surface area contributed by atoms with E-state index in [9.17, 15) is 0 Å². The minimum absolute atomic E-state index is 0.373. The molecule has 0 amide bonds. The van der Waals surface area contributed by atoms with Crippen LogP contribution in [0.1, 0.15) is 60.6 Å². The van der Waals surface area contributed by atoms with E-state index in [-0.39, 0.29) is 0 Å². The van der Waals surface area contributed by atoms with Crippen molar-refractivity contribution >= 4 is 5.69 Å². The zero-order valence-electron chi connectivity index (χ0n) is 14.1. The zero-order valence-corrected chi connectivity index (χ0v) is 14.1. The van der Waals surface area contributed by atoms with Gasteiger partial charge in [-0.15, -0.1) is 0 Å². The maximum Gasteiger partial charge on any atom is 0.147 e. The number of aryl methyl sites for hydroxylation is 1. The lowest BCUT2D eigenvalue weighted by Gasteiger charge is -2.29. The molecule has 1 heterocycles. The van der Waals surface area contributed by atoms with Crippen LogP contribution >= 0.6 is 0 Å². The minimum atomic E-state index is 0.373. The van der Waals surface area contributed by atoms with Crippen LogP contribution in [0.3, 0.4) is 0 Å². The highest BCUT2D eigenvalue weighted by Crippen LogP contribution is 2.41. The summed E-state index contributed by atoms with van der Waals surface area (Å²) in [6.07, 6.45) is 5.40. The van der Waals surface area contributed by atoms with Gasteiger partial charge >= 0.3 is 0 Å². The van der Waals surface area contributed by atoms with Gasteiger partial charge in [-0.1, -0.05) is 17.3 Å². The topological polar surface area (TPSA) is 29.3 Å². The van der Waals surface area contributed by atoms with Crippen molar-refractivity contribution in [2.24, 2.45) is 0 Å². The second kappa shape index (κ2) is 6.15. The molecule has 1 aliphatic rings. The van der Waals surface area contributed by atoms with E-state index < -0.39 is 0 Å². The summed E-state index contributed by atoms with van der Waals surface area (Å²) in [5.74, 6) is 0.373. The van der Waals surface area contributed by atoms with Gasteiger partial charge in [0.2, 0.25) is 0 Å². The van der Waals surface area contributed by atoms with Crippen LogP contribution in [0.2, 0.25) is 0 Å². The summed E-state index contributed by atoms with van der Waals surface area (Å²) in [6, 6.07) is 4.56. The van der Waals surface area contributed by atoms with E-state index in [1.54, 1.807) is 0 Å².